The molecule has 0 aliphatic heterocycles. The molecule has 0 radical (unpaired) electrons. The van der Waals surface area contributed by atoms with E-state index in [2.05, 4.69) is 41.7 Å². The molecule has 1 heterocycles. The van der Waals surface area contributed by atoms with Crippen LogP contribution in [0.15, 0.2) is 95.9 Å². The van der Waals surface area contributed by atoms with Crippen molar-refractivity contribution in [1.82, 2.24) is 4.98 Å². The Morgan fingerprint density at radius 3 is 1.79 bits per heavy atom. The van der Waals surface area contributed by atoms with Gasteiger partial charge in [0.15, 0.2) is 0 Å². The zero-order valence-corrected chi connectivity index (χ0v) is 19.9. The molecule has 6 heteroatoms. The van der Waals surface area contributed by atoms with Gasteiger partial charge in [0.2, 0.25) is 0 Å². The molecule has 1 aromatic heterocycles. The Balaban J connectivity index is 1.77. The number of rotatable bonds is 9. The molecular weight excluding hydrogens is 479 g/mol. The molecule has 166 valence electrons. The summed E-state index contributed by atoms with van der Waals surface area (Å²) in [7, 11) is 0. The number of hydrogen-bond donors (Lipinski definition) is 1. The van der Waals surface area contributed by atoms with Crippen molar-refractivity contribution in [2.24, 2.45) is 0 Å². The van der Waals surface area contributed by atoms with E-state index in [-0.39, 0.29) is 27.5 Å². The number of benzene rings is 3. The molecule has 0 spiro atoms. The van der Waals surface area contributed by atoms with Crippen LogP contribution < -0.4 is 5.32 Å². The number of carbonyl (C=O) groups excluding carboxylic acids is 2. The Morgan fingerprint density at radius 1 is 0.848 bits per heavy atom. The van der Waals surface area contributed by atoms with Crippen molar-refractivity contribution in [1.29, 1.82) is 0 Å². The Kier molecular flexibility index (Phi) is 7.18. The second-order valence-corrected chi connectivity index (χ2v) is 9.24. The quantitative estimate of drug-likeness (QED) is 0.160. The average molecular weight is 503 g/mol. The Hall–Kier alpha value is -3.47. The van der Waals surface area contributed by atoms with Crippen LogP contribution in [0.2, 0.25) is 0 Å². The number of aromatic nitrogens is 1. The van der Waals surface area contributed by atoms with Gasteiger partial charge in [-0.15, -0.1) is 0 Å². The molecule has 0 amide bonds. The van der Waals surface area contributed by atoms with Crippen molar-refractivity contribution in [2.45, 2.75) is 18.9 Å². The molecule has 0 bridgehead atoms. The van der Waals surface area contributed by atoms with Gasteiger partial charge in [-0.05, 0) is 0 Å². The molecule has 5 nitrogen and oxygen atoms in total. The minimum absolute atomic E-state index is 0.0548. The van der Waals surface area contributed by atoms with E-state index in [1.807, 2.05) is 59.5 Å². The van der Waals surface area contributed by atoms with Crippen LogP contribution in [0.4, 0.5) is 4.69 Å². The van der Waals surface area contributed by atoms with Crippen LogP contribution in [0.5, 0.6) is 0 Å². The summed E-state index contributed by atoms with van der Waals surface area (Å²) in [5.41, 5.74) is 3.17. The van der Waals surface area contributed by atoms with Crippen molar-refractivity contribution >= 4 is 30.9 Å². The molecule has 0 saturated heterocycles. The minimum atomic E-state index is -0.810. The van der Waals surface area contributed by atoms with E-state index in [4.69, 9.17) is 9.72 Å². The second kappa shape index (κ2) is 10.4. The van der Waals surface area contributed by atoms with E-state index in [1.54, 1.807) is 6.92 Å². The SMILES string of the molecule is CCOC(=O)C(=O)Cc1c[se]c(NC(c2ccccc2)(c2ccccc2)c2ccccc2)n1. The first-order chi connectivity index (χ1) is 16.1. The number of esters is 1. The van der Waals surface area contributed by atoms with Gasteiger partial charge in [-0.2, -0.15) is 0 Å². The van der Waals surface area contributed by atoms with Crippen LogP contribution in [0, 0.1) is 0 Å². The third kappa shape index (κ3) is 4.98. The van der Waals surface area contributed by atoms with E-state index in [0.717, 1.165) is 21.4 Å². The average Bonchev–Trinajstić information content (AvgIpc) is 3.31. The number of nitrogens with one attached hydrogen (secondary N) is 1. The van der Waals surface area contributed by atoms with E-state index in [0.29, 0.717) is 5.69 Å². The van der Waals surface area contributed by atoms with Crippen molar-refractivity contribution in [3.8, 4) is 0 Å². The number of ketones is 1. The zero-order valence-electron chi connectivity index (χ0n) is 18.2. The van der Waals surface area contributed by atoms with E-state index in [9.17, 15) is 9.59 Å². The first kappa shape index (κ1) is 22.7. The van der Waals surface area contributed by atoms with Crippen molar-refractivity contribution in [3.05, 3.63) is 118 Å². The zero-order chi connectivity index (χ0) is 23.1. The van der Waals surface area contributed by atoms with Crippen LogP contribution in [0.25, 0.3) is 0 Å². The maximum atomic E-state index is 12.1. The monoisotopic (exact) mass is 504 g/mol. The second-order valence-electron chi connectivity index (χ2n) is 7.44. The Bertz CT molecular complexity index is 1110. The summed E-state index contributed by atoms with van der Waals surface area (Å²) in [4.78, 5) is 30.5. The van der Waals surface area contributed by atoms with Gasteiger partial charge in [0, 0.05) is 0 Å². The topological polar surface area (TPSA) is 68.3 Å². The third-order valence-electron chi connectivity index (χ3n) is 5.31. The molecule has 4 rings (SSSR count). The van der Waals surface area contributed by atoms with Gasteiger partial charge in [0.25, 0.3) is 0 Å². The van der Waals surface area contributed by atoms with Gasteiger partial charge in [0.1, 0.15) is 0 Å². The summed E-state index contributed by atoms with van der Waals surface area (Å²) >= 11 is -0.103. The van der Waals surface area contributed by atoms with Crippen molar-refractivity contribution in [2.75, 3.05) is 11.9 Å². The van der Waals surface area contributed by atoms with Gasteiger partial charge in [-0.3, -0.25) is 0 Å². The van der Waals surface area contributed by atoms with Crippen LogP contribution in [-0.4, -0.2) is 37.8 Å². The van der Waals surface area contributed by atoms with E-state index >= 15 is 0 Å². The molecular formula is C27H24N2O3Se. The van der Waals surface area contributed by atoms with E-state index in [1.165, 1.54) is 0 Å². The fraction of sp³-hybridized carbons (Fsp3) is 0.148. The first-order valence-corrected chi connectivity index (χ1v) is 12.6. The number of ether oxygens (including phenoxy) is 1. The molecule has 3 aromatic carbocycles. The predicted octanol–water partition coefficient (Wildman–Crippen LogP) is 4.22. The Morgan fingerprint density at radius 2 is 1.33 bits per heavy atom. The number of Topliss-reactive ketones (excluding diaryl/α,β-unsaturated/α-hetero) is 1. The number of hydrogen-bond acceptors (Lipinski definition) is 5. The molecule has 4 aromatic rings. The van der Waals surface area contributed by atoms with E-state index < -0.39 is 17.3 Å². The summed E-state index contributed by atoms with van der Waals surface area (Å²) in [6.07, 6.45) is -0.0548. The first-order valence-electron chi connectivity index (χ1n) is 10.7. The van der Waals surface area contributed by atoms with Crippen LogP contribution in [0.1, 0.15) is 29.3 Å². The summed E-state index contributed by atoms with van der Waals surface area (Å²) in [5.74, 6) is -1.39. The van der Waals surface area contributed by atoms with Gasteiger partial charge in [-0.25, -0.2) is 0 Å². The predicted molar refractivity (Wildman–Crippen MR) is 129 cm³/mol. The summed E-state index contributed by atoms with van der Waals surface area (Å²) in [6.45, 7) is 1.86. The maximum absolute atomic E-state index is 12.1. The van der Waals surface area contributed by atoms with Crippen LogP contribution in [-0.2, 0) is 26.3 Å². The molecule has 1 N–H and O–H groups in total. The standard InChI is InChI=1S/C27H24N2O3Se/c1-2-32-25(31)24(30)18-23-19-33-26(28-23)29-27(20-12-6-3-7-13-20,21-14-8-4-9-15-21)22-16-10-5-11-17-22/h3-17,19H,2,18H2,1H3,(H,28,29). The van der Waals surface area contributed by atoms with Gasteiger partial charge >= 0.3 is 199 Å². The fourth-order valence-corrected chi connectivity index (χ4v) is 5.44. The molecule has 0 saturated carbocycles. The van der Waals surface area contributed by atoms with Crippen molar-refractivity contribution in [3.63, 3.8) is 0 Å². The van der Waals surface area contributed by atoms with Crippen molar-refractivity contribution < 1.29 is 14.3 Å². The molecule has 0 fully saturated rings. The molecule has 0 aliphatic rings. The van der Waals surface area contributed by atoms with Crippen LogP contribution >= 0.6 is 0 Å². The normalized spacial score (nSPS) is 11.1. The van der Waals surface area contributed by atoms with Gasteiger partial charge in [0.05, 0.1) is 0 Å². The Labute approximate surface area is 199 Å². The fourth-order valence-electron chi connectivity index (χ4n) is 3.84. The van der Waals surface area contributed by atoms with Gasteiger partial charge in [-0.1, -0.05) is 0 Å². The third-order valence-corrected chi connectivity index (χ3v) is 7.00. The van der Waals surface area contributed by atoms with Gasteiger partial charge < -0.3 is 0 Å². The molecule has 0 unspecified atom stereocenters. The molecule has 0 aliphatic carbocycles. The molecule has 33 heavy (non-hydrogen) atoms. The summed E-state index contributed by atoms with van der Waals surface area (Å²) in [5, 5.41) is 3.73. The number of carbonyl (C=O) groups is 2. The molecule has 0 atom stereocenters. The summed E-state index contributed by atoms with van der Waals surface area (Å²) < 4.78 is 5.62. The number of nitrogens with zero attached hydrogens (tertiary/aromatic N) is 1. The van der Waals surface area contributed by atoms with Crippen LogP contribution in [0.3, 0.4) is 0 Å². The number of anilines is 1. The summed E-state index contributed by atoms with van der Waals surface area (Å²) in [6, 6.07) is 30.8.